The molecule has 4 rings (SSSR count). The predicted molar refractivity (Wildman–Crippen MR) is 98.5 cm³/mol. The number of pyridine rings is 1. The van der Waals surface area contributed by atoms with Crippen LogP contribution in [0.3, 0.4) is 0 Å². The molecule has 0 saturated heterocycles. The van der Waals surface area contributed by atoms with Crippen molar-refractivity contribution in [1.82, 2.24) is 15.0 Å². The van der Waals surface area contributed by atoms with Gasteiger partial charge in [0.25, 0.3) is 0 Å². The summed E-state index contributed by atoms with van der Waals surface area (Å²) in [5.74, 6) is 0.193. The van der Waals surface area contributed by atoms with E-state index in [1.54, 1.807) is 19.5 Å². The number of ether oxygens (including phenoxy) is 2. The van der Waals surface area contributed by atoms with Gasteiger partial charge in [-0.15, -0.1) is 11.3 Å². The maximum atomic E-state index is 14.1. The second-order valence-corrected chi connectivity index (χ2v) is 6.53. The fourth-order valence-corrected chi connectivity index (χ4v) is 3.91. The third-order valence-corrected chi connectivity index (χ3v) is 5.04. The Kier molecular flexibility index (Phi) is 4.55. The fraction of sp³-hybridized carbons (Fsp3) is 0.105. The molecule has 3 heterocycles. The topological polar surface area (TPSA) is 57.1 Å². The van der Waals surface area contributed by atoms with Crippen LogP contribution in [0.5, 0.6) is 5.75 Å². The molecule has 4 aromatic rings. The van der Waals surface area contributed by atoms with Crippen molar-refractivity contribution in [2.75, 3.05) is 13.9 Å². The molecule has 7 heteroatoms. The van der Waals surface area contributed by atoms with E-state index < -0.39 is 5.82 Å². The lowest BCUT2D eigenvalue weighted by molar-refractivity contribution is 0.0513. The van der Waals surface area contributed by atoms with Crippen LogP contribution in [-0.4, -0.2) is 28.9 Å². The number of methoxy groups -OCH3 is 1. The van der Waals surface area contributed by atoms with Gasteiger partial charge in [-0.05, 0) is 17.5 Å². The van der Waals surface area contributed by atoms with Crippen LogP contribution in [-0.2, 0) is 4.74 Å². The number of halogens is 1. The van der Waals surface area contributed by atoms with Gasteiger partial charge in [0.1, 0.15) is 17.8 Å². The van der Waals surface area contributed by atoms with E-state index in [4.69, 9.17) is 9.47 Å². The second kappa shape index (κ2) is 7.15. The molecule has 130 valence electrons. The minimum absolute atomic E-state index is 0.135. The SMILES string of the molecule is COCOc1cnccc1-c1cccc2cc(-c3ncncc3F)sc12. The molecular formula is C19H14FN3O2S. The van der Waals surface area contributed by atoms with Gasteiger partial charge in [-0.3, -0.25) is 4.98 Å². The molecule has 0 aliphatic heterocycles. The van der Waals surface area contributed by atoms with Gasteiger partial charge in [-0.25, -0.2) is 14.4 Å². The number of hydrogen-bond donors (Lipinski definition) is 0. The molecule has 0 spiro atoms. The van der Waals surface area contributed by atoms with E-state index in [0.29, 0.717) is 11.4 Å². The average Bonchev–Trinajstić information content (AvgIpc) is 3.11. The molecule has 0 radical (unpaired) electrons. The molecule has 0 amide bonds. The normalized spacial score (nSPS) is 11.0. The molecule has 0 unspecified atom stereocenters. The molecule has 3 aromatic heterocycles. The summed E-state index contributed by atoms with van der Waals surface area (Å²) in [5.41, 5.74) is 2.19. The Balaban J connectivity index is 1.87. The molecule has 0 N–H and O–H groups in total. The summed E-state index contributed by atoms with van der Waals surface area (Å²) in [6.45, 7) is 0.135. The zero-order valence-corrected chi connectivity index (χ0v) is 14.7. The van der Waals surface area contributed by atoms with Gasteiger partial charge in [0, 0.05) is 29.1 Å². The molecule has 5 nitrogen and oxygen atoms in total. The van der Waals surface area contributed by atoms with Crippen LogP contribution in [0.4, 0.5) is 4.39 Å². The number of fused-ring (bicyclic) bond motifs is 1. The summed E-state index contributed by atoms with van der Waals surface area (Å²) in [7, 11) is 1.57. The largest absolute Gasteiger partial charge is 0.465 e. The summed E-state index contributed by atoms with van der Waals surface area (Å²) in [6.07, 6.45) is 5.90. The van der Waals surface area contributed by atoms with Crippen LogP contribution in [0, 0.1) is 5.82 Å². The average molecular weight is 367 g/mol. The molecule has 0 aliphatic carbocycles. The summed E-state index contributed by atoms with van der Waals surface area (Å²) in [5, 5.41) is 1.01. The van der Waals surface area contributed by atoms with E-state index in [0.717, 1.165) is 26.1 Å². The van der Waals surface area contributed by atoms with E-state index >= 15 is 0 Å². The van der Waals surface area contributed by atoms with Gasteiger partial charge < -0.3 is 9.47 Å². The minimum atomic E-state index is -0.436. The molecule has 26 heavy (non-hydrogen) atoms. The first-order chi connectivity index (χ1) is 12.8. The Morgan fingerprint density at radius 1 is 1.12 bits per heavy atom. The first kappa shape index (κ1) is 16.6. The van der Waals surface area contributed by atoms with Crippen LogP contribution < -0.4 is 4.74 Å². The van der Waals surface area contributed by atoms with E-state index in [9.17, 15) is 4.39 Å². The summed E-state index contributed by atoms with van der Waals surface area (Å²) in [4.78, 5) is 12.7. The minimum Gasteiger partial charge on any atom is -0.465 e. The lowest BCUT2D eigenvalue weighted by Crippen LogP contribution is -2.00. The van der Waals surface area contributed by atoms with E-state index in [1.807, 2.05) is 30.3 Å². The Morgan fingerprint density at radius 3 is 2.88 bits per heavy atom. The van der Waals surface area contributed by atoms with Crippen LogP contribution >= 0.6 is 11.3 Å². The third-order valence-electron chi connectivity index (χ3n) is 3.85. The summed E-state index contributed by atoms with van der Waals surface area (Å²) >= 11 is 1.48. The van der Waals surface area contributed by atoms with Gasteiger partial charge in [0.15, 0.2) is 12.6 Å². The van der Waals surface area contributed by atoms with Crippen LogP contribution in [0.15, 0.2) is 55.2 Å². The third kappa shape index (κ3) is 3.02. The van der Waals surface area contributed by atoms with Gasteiger partial charge >= 0.3 is 0 Å². The van der Waals surface area contributed by atoms with Crippen molar-refractivity contribution in [2.24, 2.45) is 0 Å². The molecule has 0 bridgehead atoms. The Morgan fingerprint density at radius 2 is 2.04 bits per heavy atom. The van der Waals surface area contributed by atoms with Crippen LogP contribution in [0.2, 0.25) is 0 Å². The van der Waals surface area contributed by atoms with E-state index in [2.05, 4.69) is 15.0 Å². The number of nitrogens with zero attached hydrogens (tertiary/aromatic N) is 3. The smallest absolute Gasteiger partial charge is 0.188 e. The summed E-state index contributed by atoms with van der Waals surface area (Å²) < 4.78 is 25.7. The van der Waals surface area contributed by atoms with Crippen molar-refractivity contribution in [2.45, 2.75) is 0 Å². The van der Waals surface area contributed by atoms with Crippen molar-refractivity contribution in [3.63, 3.8) is 0 Å². The van der Waals surface area contributed by atoms with Gasteiger partial charge in [-0.1, -0.05) is 18.2 Å². The Hall–Kier alpha value is -2.90. The maximum absolute atomic E-state index is 14.1. The number of thiophene rings is 1. The number of aromatic nitrogens is 3. The molecule has 0 fully saturated rings. The van der Waals surface area contributed by atoms with Crippen molar-refractivity contribution in [1.29, 1.82) is 0 Å². The number of rotatable bonds is 5. The molecular weight excluding hydrogens is 353 g/mol. The Bertz CT molecular complexity index is 1070. The molecule has 1 aromatic carbocycles. The zero-order chi connectivity index (χ0) is 17.9. The van der Waals surface area contributed by atoms with E-state index in [-0.39, 0.29) is 6.79 Å². The van der Waals surface area contributed by atoms with Crippen molar-refractivity contribution in [3.8, 4) is 27.4 Å². The Labute approximate surface area is 153 Å². The molecule has 0 saturated carbocycles. The molecule has 0 aliphatic rings. The van der Waals surface area contributed by atoms with Crippen molar-refractivity contribution < 1.29 is 13.9 Å². The monoisotopic (exact) mass is 367 g/mol. The van der Waals surface area contributed by atoms with Crippen molar-refractivity contribution >= 4 is 21.4 Å². The van der Waals surface area contributed by atoms with Gasteiger partial charge in [0.2, 0.25) is 0 Å². The van der Waals surface area contributed by atoms with E-state index in [1.165, 1.54) is 23.9 Å². The highest BCUT2D eigenvalue weighted by molar-refractivity contribution is 7.22. The molecule has 0 atom stereocenters. The highest BCUT2D eigenvalue weighted by Crippen LogP contribution is 2.41. The second-order valence-electron chi connectivity index (χ2n) is 5.48. The lowest BCUT2D eigenvalue weighted by Gasteiger charge is -2.10. The van der Waals surface area contributed by atoms with Crippen molar-refractivity contribution in [3.05, 3.63) is 61.1 Å². The predicted octanol–water partition coefficient (Wildman–Crippen LogP) is 4.54. The highest BCUT2D eigenvalue weighted by Gasteiger charge is 2.15. The number of hydrogen-bond acceptors (Lipinski definition) is 6. The van der Waals surface area contributed by atoms with Crippen LogP contribution in [0.1, 0.15) is 0 Å². The summed E-state index contributed by atoms with van der Waals surface area (Å²) in [6, 6.07) is 9.80. The quantitative estimate of drug-likeness (QED) is 0.485. The number of benzene rings is 1. The zero-order valence-electron chi connectivity index (χ0n) is 13.8. The lowest BCUT2D eigenvalue weighted by atomic mass is 10.0. The standard InChI is InChI=1S/C19H14FN3O2S/c1-24-11-25-16-9-21-6-5-13(16)14-4-2-3-12-7-17(26-19(12)14)18-15(20)8-22-10-23-18/h2-10H,11H2,1H3. The first-order valence-corrected chi connectivity index (χ1v) is 8.64. The van der Waals surface area contributed by atoms with Crippen LogP contribution in [0.25, 0.3) is 31.8 Å². The maximum Gasteiger partial charge on any atom is 0.188 e. The van der Waals surface area contributed by atoms with Gasteiger partial charge in [0.05, 0.1) is 17.3 Å². The highest BCUT2D eigenvalue weighted by atomic mass is 32.1. The van der Waals surface area contributed by atoms with Gasteiger partial charge in [-0.2, -0.15) is 0 Å². The fourth-order valence-electron chi connectivity index (χ4n) is 2.73. The first-order valence-electron chi connectivity index (χ1n) is 7.82.